The van der Waals surface area contributed by atoms with Gasteiger partial charge < -0.3 is 10.6 Å². The van der Waals surface area contributed by atoms with E-state index in [-0.39, 0.29) is 11.9 Å². The molecule has 1 amide bonds. The van der Waals surface area contributed by atoms with Gasteiger partial charge in [-0.05, 0) is 25.5 Å². The molecule has 94 valence electrons. The monoisotopic (exact) mass is 236 g/mol. The molecule has 2 heterocycles. The maximum absolute atomic E-state index is 12.0. The number of nitrogens with zero attached hydrogens (tertiary/aromatic N) is 1. The van der Waals surface area contributed by atoms with E-state index in [2.05, 4.69) is 20.8 Å². The van der Waals surface area contributed by atoms with Crippen LogP contribution in [-0.4, -0.2) is 28.7 Å². The van der Waals surface area contributed by atoms with E-state index in [0.29, 0.717) is 6.54 Å². The molecule has 1 aromatic rings. The SMILES string of the molecule is O=C(NCc1ccn[nH]1)C1CCCCCCN1. The lowest BCUT2D eigenvalue weighted by atomic mass is 10.0. The Balaban J connectivity index is 1.77. The summed E-state index contributed by atoms with van der Waals surface area (Å²) in [6, 6.07) is 1.84. The van der Waals surface area contributed by atoms with Gasteiger partial charge in [0, 0.05) is 6.20 Å². The molecule has 1 saturated heterocycles. The van der Waals surface area contributed by atoms with Crippen LogP contribution in [0, 0.1) is 0 Å². The van der Waals surface area contributed by atoms with Gasteiger partial charge in [0.15, 0.2) is 0 Å². The summed E-state index contributed by atoms with van der Waals surface area (Å²) in [6.07, 6.45) is 7.45. The van der Waals surface area contributed by atoms with Crippen LogP contribution < -0.4 is 10.6 Å². The molecular formula is C12H20N4O. The molecule has 1 aliphatic rings. The third-order valence-electron chi connectivity index (χ3n) is 3.14. The molecule has 5 heteroatoms. The summed E-state index contributed by atoms with van der Waals surface area (Å²) in [4.78, 5) is 12.0. The fourth-order valence-corrected chi connectivity index (χ4v) is 2.12. The van der Waals surface area contributed by atoms with Crippen molar-refractivity contribution in [1.82, 2.24) is 20.8 Å². The largest absolute Gasteiger partial charge is 0.349 e. The number of amides is 1. The summed E-state index contributed by atoms with van der Waals surface area (Å²) in [5.74, 6) is 0.0986. The minimum absolute atomic E-state index is 0.0294. The van der Waals surface area contributed by atoms with Crippen LogP contribution in [0.25, 0.3) is 0 Å². The Hall–Kier alpha value is -1.36. The van der Waals surface area contributed by atoms with Crippen molar-refractivity contribution in [3.63, 3.8) is 0 Å². The maximum Gasteiger partial charge on any atom is 0.237 e. The van der Waals surface area contributed by atoms with Gasteiger partial charge in [-0.1, -0.05) is 19.3 Å². The molecule has 1 fully saturated rings. The quantitative estimate of drug-likeness (QED) is 0.731. The Morgan fingerprint density at radius 1 is 1.41 bits per heavy atom. The summed E-state index contributed by atoms with van der Waals surface area (Å²) in [7, 11) is 0. The lowest BCUT2D eigenvalue weighted by Crippen LogP contribution is -2.44. The maximum atomic E-state index is 12.0. The Morgan fingerprint density at radius 2 is 2.29 bits per heavy atom. The first-order valence-corrected chi connectivity index (χ1v) is 6.35. The molecule has 0 bridgehead atoms. The summed E-state index contributed by atoms with van der Waals surface area (Å²) in [5.41, 5.74) is 0.934. The van der Waals surface area contributed by atoms with E-state index in [0.717, 1.165) is 25.1 Å². The molecular weight excluding hydrogens is 216 g/mol. The van der Waals surface area contributed by atoms with Crippen molar-refractivity contribution in [3.05, 3.63) is 18.0 Å². The second-order valence-corrected chi connectivity index (χ2v) is 4.51. The third kappa shape index (κ3) is 3.85. The van der Waals surface area contributed by atoms with Crippen LogP contribution in [-0.2, 0) is 11.3 Å². The number of aromatic amines is 1. The first kappa shape index (κ1) is 12.1. The number of aromatic nitrogens is 2. The molecule has 2 rings (SSSR count). The van der Waals surface area contributed by atoms with Crippen LogP contribution in [0.1, 0.15) is 37.8 Å². The molecule has 0 radical (unpaired) electrons. The summed E-state index contributed by atoms with van der Waals surface area (Å²) in [6.45, 7) is 1.47. The average Bonchev–Trinajstić information content (AvgIpc) is 2.78. The first-order valence-electron chi connectivity index (χ1n) is 6.35. The summed E-state index contributed by atoms with van der Waals surface area (Å²) < 4.78 is 0. The van der Waals surface area contributed by atoms with Crippen LogP contribution in [0.5, 0.6) is 0 Å². The molecule has 3 N–H and O–H groups in total. The van der Waals surface area contributed by atoms with Gasteiger partial charge in [0.1, 0.15) is 0 Å². The normalized spacial score (nSPS) is 21.5. The van der Waals surface area contributed by atoms with E-state index in [1.165, 1.54) is 19.3 Å². The van der Waals surface area contributed by atoms with Gasteiger partial charge in [0.05, 0.1) is 18.3 Å². The van der Waals surface area contributed by atoms with Crippen molar-refractivity contribution in [1.29, 1.82) is 0 Å². The molecule has 0 spiro atoms. The van der Waals surface area contributed by atoms with E-state index in [1.807, 2.05) is 6.07 Å². The second kappa shape index (κ2) is 6.39. The number of H-pyrrole nitrogens is 1. The molecule has 17 heavy (non-hydrogen) atoms. The lowest BCUT2D eigenvalue weighted by molar-refractivity contribution is -0.123. The van der Waals surface area contributed by atoms with Gasteiger partial charge >= 0.3 is 0 Å². The second-order valence-electron chi connectivity index (χ2n) is 4.51. The van der Waals surface area contributed by atoms with Gasteiger partial charge in [-0.2, -0.15) is 5.10 Å². The van der Waals surface area contributed by atoms with Crippen LogP contribution in [0.15, 0.2) is 12.3 Å². The van der Waals surface area contributed by atoms with Crippen LogP contribution in [0.4, 0.5) is 0 Å². The highest BCUT2D eigenvalue weighted by molar-refractivity contribution is 5.81. The molecule has 1 unspecified atom stereocenters. The van der Waals surface area contributed by atoms with Gasteiger partial charge in [0.25, 0.3) is 0 Å². The Bertz CT molecular complexity index is 328. The highest BCUT2D eigenvalue weighted by Crippen LogP contribution is 2.09. The molecule has 1 aromatic heterocycles. The van der Waals surface area contributed by atoms with Crippen LogP contribution in [0.3, 0.4) is 0 Å². The van der Waals surface area contributed by atoms with E-state index < -0.39 is 0 Å². The number of nitrogens with one attached hydrogen (secondary N) is 3. The fraction of sp³-hybridized carbons (Fsp3) is 0.667. The molecule has 1 aliphatic heterocycles. The van der Waals surface area contributed by atoms with Crippen molar-refractivity contribution in [2.45, 2.75) is 44.7 Å². The number of carbonyl (C=O) groups excluding carboxylic acids is 1. The minimum Gasteiger partial charge on any atom is -0.349 e. The van der Waals surface area contributed by atoms with Gasteiger partial charge in [-0.15, -0.1) is 0 Å². The van der Waals surface area contributed by atoms with Gasteiger partial charge in [-0.3, -0.25) is 9.89 Å². The average molecular weight is 236 g/mol. The molecule has 0 aliphatic carbocycles. The summed E-state index contributed by atoms with van der Waals surface area (Å²) in [5, 5.41) is 12.9. The Labute approximate surface area is 101 Å². The van der Waals surface area contributed by atoms with Crippen molar-refractivity contribution in [2.75, 3.05) is 6.54 Å². The van der Waals surface area contributed by atoms with E-state index in [1.54, 1.807) is 6.20 Å². The van der Waals surface area contributed by atoms with E-state index in [4.69, 9.17) is 0 Å². The van der Waals surface area contributed by atoms with Crippen molar-refractivity contribution in [3.8, 4) is 0 Å². The number of carbonyl (C=O) groups is 1. The zero-order valence-electron chi connectivity index (χ0n) is 10.0. The molecule has 1 atom stereocenters. The number of hydrogen-bond donors (Lipinski definition) is 3. The molecule has 0 aromatic carbocycles. The minimum atomic E-state index is -0.0294. The smallest absolute Gasteiger partial charge is 0.237 e. The predicted molar refractivity (Wildman–Crippen MR) is 65.3 cm³/mol. The van der Waals surface area contributed by atoms with Gasteiger partial charge in [0.2, 0.25) is 5.91 Å². The summed E-state index contributed by atoms with van der Waals surface area (Å²) >= 11 is 0. The van der Waals surface area contributed by atoms with Gasteiger partial charge in [-0.25, -0.2) is 0 Å². The Kier molecular flexibility index (Phi) is 4.55. The zero-order chi connectivity index (χ0) is 11.9. The Morgan fingerprint density at radius 3 is 3.12 bits per heavy atom. The van der Waals surface area contributed by atoms with Crippen LogP contribution >= 0.6 is 0 Å². The highest BCUT2D eigenvalue weighted by atomic mass is 16.2. The first-order chi connectivity index (χ1) is 8.36. The van der Waals surface area contributed by atoms with Crippen molar-refractivity contribution < 1.29 is 4.79 Å². The zero-order valence-corrected chi connectivity index (χ0v) is 10.0. The van der Waals surface area contributed by atoms with Crippen LogP contribution in [0.2, 0.25) is 0 Å². The predicted octanol–water partition coefficient (Wildman–Crippen LogP) is 0.948. The topological polar surface area (TPSA) is 69.8 Å². The van der Waals surface area contributed by atoms with Crippen molar-refractivity contribution in [2.24, 2.45) is 0 Å². The molecule has 0 saturated carbocycles. The highest BCUT2D eigenvalue weighted by Gasteiger charge is 2.18. The van der Waals surface area contributed by atoms with E-state index in [9.17, 15) is 4.79 Å². The third-order valence-corrected chi connectivity index (χ3v) is 3.14. The van der Waals surface area contributed by atoms with Crippen molar-refractivity contribution >= 4 is 5.91 Å². The lowest BCUT2D eigenvalue weighted by Gasteiger charge is -2.20. The number of rotatable bonds is 3. The number of hydrogen-bond acceptors (Lipinski definition) is 3. The van der Waals surface area contributed by atoms with E-state index >= 15 is 0 Å². The fourth-order valence-electron chi connectivity index (χ4n) is 2.12. The molecule has 5 nitrogen and oxygen atoms in total. The standard InChI is InChI=1S/C12H20N4O/c17-12(14-9-10-6-8-15-16-10)11-5-3-1-2-4-7-13-11/h6,8,11,13H,1-5,7,9H2,(H,14,17)(H,15,16).